The van der Waals surface area contributed by atoms with Crippen LogP contribution in [0.3, 0.4) is 0 Å². The number of alkyl halides is 3. The summed E-state index contributed by atoms with van der Waals surface area (Å²) in [6, 6.07) is 7.52. The van der Waals surface area contributed by atoms with Crippen LogP contribution >= 0.6 is 0 Å². The molecule has 0 bridgehead atoms. The lowest BCUT2D eigenvalue weighted by Gasteiger charge is -2.29. The number of halogens is 3. The zero-order chi connectivity index (χ0) is 18.8. The smallest absolute Gasteiger partial charge is 0.389 e. The summed E-state index contributed by atoms with van der Waals surface area (Å²) >= 11 is 0. The van der Waals surface area contributed by atoms with Gasteiger partial charge < -0.3 is 14.2 Å². The molecule has 0 amide bonds. The van der Waals surface area contributed by atoms with Gasteiger partial charge in [-0.25, -0.2) is 0 Å². The van der Waals surface area contributed by atoms with Crippen molar-refractivity contribution in [2.75, 3.05) is 19.8 Å². The minimum absolute atomic E-state index is 0.0429. The molecule has 1 aliphatic heterocycles. The first-order valence-corrected chi connectivity index (χ1v) is 9.50. The summed E-state index contributed by atoms with van der Waals surface area (Å²) in [6.07, 6.45) is 0.605. The Morgan fingerprint density at radius 2 is 1.65 bits per heavy atom. The zero-order valence-electron chi connectivity index (χ0n) is 15.4. The van der Waals surface area contributed by atoms with Crippen molar-refractivity contribution in [3.8, 4) is 5.75 Å². The molecule has 1 fully saturated rings. The Bertz CT molecular complexity index is 494. The fourth-order valence-electron chi connectivity index (χ4n) is 2.89. The normalized spacial score (nSPS) is 20.9. The summed E-state index contributed by atoms with van der Waals surface area (Å²) in [5.74, 6) is 0.603. The molecule has 0 radical (unpaired) electrons. The fraction of sp³-hybridized carbons (Fsp3) is 0.700. The van der Waals surface area contributed by atoms with Crippen molar-refractivity contribution in [1.82, 2.24) is 0 Å². The molecule has 148 valence electrons. The summed E-state index contributed by atoms with van der Waals surface area (Å²) in [5.41, 5.74) is 0.856. The van der Waals surface area contributed by atoms with Gasteiger partial charge in [-0.15, -0.1) is 0 Å². The molecule has 2 rings (SSSR count). The lowest BCUT2D eigenvalue weighted by Crippen LogP contribution is -2.28. The molecule has 1 aromatic carbocycles. The van der Waals surface area contributed by atoms with Gasteiger partial charge in [-0.3, -0.25) is 0 Å². The first-order valence-electron chi connectivity index (χ1n) is 9.50. The third-order valence-electron chi connectivity index (χ3n) is 4.47. The van der Waals surface area contributed by atoms with Gasteiger partial charge in [0.1, 0.15) is 5.75 Å². The van der Waals surface area contributed by atoms with Crippen LogP contribution in [0.5, 0.6) is 5.75 Å². The van der Waals surface area contributed by atoms with Crippen LogP contribution in [0.15, 0.2) is 24.3 Å². The van der Waals surface area contributed by atoms with Crippen LogP contribution in [0.1, 0.15) is 63.7 Å². The predicted molar refractivity (Wildman–Crippen MR) is 94.1 cm³/mol. The van der Waals surface area contributed by atoms with Crippen LogP contribution in [-0.4, -0.2) is 26.0 Å². The average molecular weight is 374 g/mol. The zero-order valence-corrected chi connectivity index (χ0v) is 15.4. The van der Waals surface area contributed by atoms with Gasteiger partial charge in [0.25, 0.3) is 0 Å². The lowest BCUT2D eigenvalue weighted by molar-refractivity contribution is -0.211. The molecular weight excluding hydrogens is 345 g/mol. The van der Waals surface area contributed by atoms with E-state index in [2.05, 4.69) is 6.92 Å². The van der Waals surface area contributed by atoms with Crippen molar-refractivity contribution >= 4 is 0 Å². The summed E-state index contributed by atoms with van der Waals surface area (Å²) in [7, 11) is 0. The monoisotopic (exact) mass is 374 g/mol. The maximum atomic E-state index is 12.3. The molecule has 0 atom stereocenters. The molecule has 6 heteroatoms. The molecule has 1 aromatic rings. The Balaban J connectivity index is 1.67. The van der Waals surface area contributed by atoms with E-state index in [1.54, 1.807) is 0 Å². The fourth-order valence-corrected chi connectivity index (χ4v) is 2.89. The van der Waals surface area contributed by atoms with E-state index in [0.29, 0.717) is 6.61 Å². The molecular formula is C20H29F3O3. The number of hydrogen-bond acceptors (Lipinski definition) is 3. The summed E-state index contributed by atoms with van der Waals surface area (Å²) in [6.45, 7) is 3.48. The summed E-state index contributed by atoms with van der Waals surface area (Å²) < 4.78 is 53.7. The second-order valence-corrected chi connectivity index (χ2v) is 6.85. The van der Waals surface area contributed by atoms with Crippen molar-refractivity contribution in [3.63, 3.8) is 0 Å². The maximum Gasteiger partial charge on any atom is 0.389 e. The second kappa shape index (κ2) is 10.8. The molecule has 3 nitrogen and oxygen atoms in total. The van der Waals surface area contributed by atoms with Crippen LogP contribution in [0, 0.1) is 5.92 Å². The van der Waals surface area contributed by atoms with Crippen molar-refractivity contribution in [3.05, 3.63) is 29.8 Å². The number of unbranched alkanes of at least 4 members (excludes halogenated alkanes) is 4. The number of hydrogen-bond donors (Lipinski definition) is 0. The van der Waals surface area contributed by atoms with Gasteiger partial charge in [-0.05, 0) is 25.0 Å². The first kappa shape index (κ1) is 21.0. The molecule has 0 aliphatic carbocycles. The minimum atomic E-state index is -4.12. The van der Waals surface area contributed by atoms with E-state index in [1.165, 1.54) is 25.7 Å². The van der Waals surface area contributed by atoms with Crippen molar-refractivity contribution in [2.45, 2.75) is 64.3 Å². The van der Waals surface area contributed by atoms with E-state index < -0.39 is 18.9 Å². The predicted octanol–water partition coefficient (Wildman–Crippen LogP) is 6.04. The molecule has 0 unspecified atom stereocenters. The van der Waals surface area contributed by atoms with Gasteiger partial charge in [0.15, 0.2) is 6.29 Å². The highest BCUT2D eigenvalue weighted by Gasteiger charge is 2.30. The van der Waals surface area contributed by atoms with Crippen molar-refractivity contribution in [1.29, 1.82) is 0 Å². The van der Waals surface area contributed by atoms with Gasteiger partial charge in [0.2, 0.25) is 0 Å². The van der Waals surface area contributed by atoms with Crippen LogP contribution < -0.4 is 4.74 Å². The lowest BCUT2D eigenvalue weighted by atomic mass is 10.0. The molecule has 0 aromatic heterocycles. The highest BCUT2D eigenvalue weighted by Crippen LogP contribution is 2.30. The van der Waals surface area contributed by atoms with E-state index in [4.69, 9.17) is 14.2 Å². The average Bonchev–Trinajstić information content (AvgIpc) is 2.63. The van der Waals surface area contributed by atoms with E-state index in [0.717, 1.165) is 17.7 Å². The molecule has 26 heavy (non-hydrogen) atoms. The van der Waals surface area contributed by atoms with E-state index >= 15 is 0 Å². The second-order valence-electron chi connectivity index (χ2n) is 6.85. The number of benzene rings is 1. The van der Waals surface area contributed by atoms with E-state index in [9.17, 15) is 13.2 Å². The van der Waals surface area contributed by atoms with Crippen LogP contribution in [0.2, 0.25) is 0 Å². The molecule has 0 spiro atoms. The third kappa shape index (κ3) is 7.96. The van der Waals surface area contributed by atoms with Crippen LogP contribution in [-0.2, 0) is 9.47 Å². The molecule has 1 saturated heterocycles. The number of ether oxygens (including phenoxy) is 3. The Kier molecular flexibility index (Phi) is 8.72. The third-order valence-corrected chi connectivity index (χ3v) is 4.47. The van der Waals surface area contributed by atoms with Crippen LogP contribution in [0.25, 0.3) is 0 Å². The van der Waals surface area contributed by atoms with Crippen molar-refractivity contribution < 1.29 is 27.4 Å². The van der Waals surface area contributed by atoms with Gasteiger partial charge in [0.05, 0.1) is 19.8 Å². The molecule has 1 aliphatic rings. The molecule has 0 saturated carbocycles. The molecule has 0 N–H and O–H groups in total. The largest absolute Gasteiger partial charge is 0.494 e. The van der Waals surface area contributed by atoms with Gasteiger partial charge >= 0.3 is 6.18 Å². The van der Waals surface area contributed by atoms with Gasteiger partial charge in [0, 0.05) is 17.9 Å². The first-order chi connectivity index (χ1) is 12.5. The maximum absolute atomic E-state index is 12.3. The van der Waals surface area contributed by atoms with Gasteiger partial charge in [-0.1, -0.05) is 44.7 Å². The van der Waals surface area contributed by atoms with Crippen LogP contribution in [0.4, 0.5) is 13.2 Å². The number of rotatable bonds is 10. The highest BCUT2D eigenvalue weighted by molar-refractivity contribution is 5.28. The van der Waals surface area contributed by atoms with Crippen molar-refractivity contribution in [2.24, 2.45) is 5.92 Å². The highest BCUT2D eigenvalue weighted by atomic mass is 19.4. The Labute approximate surface area is 153 Å². The quantitative estimate of drug-likeness (QED) is 0.467. The Hall–Kier alpha value is -1.27. The summed E-state index contributed by atoms with van der Waals surface area (Å²) in [5, 5.41) is 0. The van der Waals surface area contributed by atoms with E-state index in [-0.39, 0.29) is 25.6 Å². The standard InChI is InChI=1S/C20H29F3O3/c1-2-3-4-5-6-13-24-18-9-7-17(8-10-18)19-25-14-16(15-26-19)11-12-20(21,22)23/h7-10,16,19H,2-6,11-15H2,1H3/t16-,19-. The Morgan fingerprint density at radius 3 is 2.27 bits per heavy atom. The van der Waals surface area contributed by atoms with E-state index in [1.807, 2.05) is 24.3 Å². The van der Waals surface area contributed by atoms with Gasteiger partial charge in [-0.2, -0.15) is 13.2 Å². The Morgan fingerprint density at radius 1 is 1.00 bits per heavy atom. The molecule has 1 heterocycles. The SMILES string of the molecule is CCCCCCCOc1ccc([C@H]2OC[C@H](CCC(F)(F)F)CO2)cc1. The minimum Gasteiger partial charge on any atom is -0.494 e. The topological polar surface area (TPSA) is 27.7 Å². The summed E-state index contributed by atoms with van der Waals surface area (Å²) in [4.78, 5) is 0.